The molecular weight excluding hydrogens is 474 g/mol. The number of Topliss-reactive ketones (excluding diaryl/α,β-unsaturated/α-hetero) is 1. The van der Waals surface area contributed by atoms with Crippen LogP contribution in [0.15, 0.2) is 72.3 Å². The van der Waals surface area contributed by atoms with Gasteiger partial charge in [-0.05, 0) is 58.9 Å². The molecule has 1 unspecified atom stereocenters. The van der Waals surface area contributed by atoms with E-state index in [4.69, 9.17) is 16.3 Å². The first-order valence-electron chi connectivity index (χ1n) is 12.0. The first kappa shape index (κ1) is 25.5. The van der Waals surface area contributed by atoms with Crippen LogP contribution in [0, 0.1) is 0 Å². The quantitative estimate of drug-likeness (QED) is 0.219. The van der Waals surface area contributed by atoms with Gasteiger partial charge in [0.1, 0.15) is 11.5 Å². The number of methoxy groups -OCH3 is 1. The lowest BCUT2D eigenvalue weighted by Gasteiger charge is -2.26. The molecule has 1 saturated heterocycles. The Morgan fingerprint density at radius 1 is 0.889 bits per heavy atom. The number of hydrogen-bond acceptors (Lipinski definition) is 4. The van der Waals surface area contributed by atoms with Crippen molar-refractivity contribution < 1.29 is 19.4 Å². The predicted molar refractivity (Wildman–Crippen MR) is 144 cm³/mol. The third-order valence-electron chi connectivity index (χ3n) is 6.63. The van der Waals surface area contributed by atoms with Crippen LogP contribution < -0.4 is 9.64 Å². The van der Waals surface area contributed by atoms with E-state index < -0.39 is 17.7 Å². The Kier molecular flexibility index (Phi) is 7.23. The van der Waals surface area contributed by atoms with Gasteiger partial charge in [0, 0.05) is 11.3 Å². The number of aliphatic hydroxyl groups is 1. The Morgan fingerprint density at radius 3 is 1.97 bits per heavy atom. The van der Waals surface area contributed by atoms with E-state index in [1.54, 1.807) is 18.2 Å². The second-order valence-corrected chi connectivity index (χ2v) is 9.99. The highest BCUT2D eigenvalue weighted by Gasteiger charge is 2.47. The average Bonchev–Trinajstić information content (AvgIpc) is 3.14. The minimum atomic E-state index is -0.821. The van der Waals surface area contributed by atoms with Gasteiger partial charge in [-0.1, -0.05) is 75.7 Å². The van der Waals surface area contributed by atoms with E-state index in [1.165, 1.54) is 12.0 Å². The molecule has 1 N–H and O–H groups in total. The molecule has 3 aromatic carbocycles. The Balaban J connectivity index is 1.93. The molecule has 1 fully saturated rings. The molecule has 1 amide bonds. The first-order valence-corrected chi connectivity index (χ1v) is 12.4. The smallest absolute Gasteiger partial charge is 0.300 e. The monoisotopic (exact) mass is 503 g/mol. The first-order chi connectivity index (χ1) is 17.1. The van der Waals surface area contributed by atoms with Crippen LogP contribution in [-0.4, -0.2) is 23.9 Å². The van der Waals surface area contributed by atoms with Crippen molar-refractivity contribution in [2.75, 3.05) is 12.0 Å². The highest BCUT2D eigenvalue weighted by molar-refractivity contribution is 6.52. The SMILES string of the molecule is COc1ccc(Cl)c(/C(O)=C2\C(=O)C(=O)N(c3ccc(C(C)C)cc3)C2c2ccc(C(C)C)cc2)c1. The fourth-order valence-corrected chi connectivity index (χ4v) is 4.66. The number of anilines is 1. The maximum absolute atomic E-state index is 13.4. The van der Waals surface area contributed by atoms with Crippen molar-refractivity contribution in [2.24, 2.45) is 0 Å². The van der Waals surface area contributed by atoms with Crippen molar-refractivity contribution in [1.29, 1.82) is 0 Å². The summed E-state index contributed by atoms with van der Waals surface area (Å²) < 4.78 is 5.28. The summed E-state index contributed by atoms with van der Waals surface area (Å²) >= 11 is 6.40. The minimum Gasteiger partial charge on any atom is -0.507 e. The molecule has 0 bridgehead atoms. The second-order valence-electron chi connectivity index (χ2n) is 9.58. The summed E-state index contributed by atoms with van der Waals surface area (Å²) in [6.07, 6.45) is 0. The van der Waals surface area contributed by atoms with Gasteiger partial charge < -0.3 is 9.84 Å². The summed E-state index contributed by atoms with van der Waals surface area (Å²) in [5, 5.41) is 11.7. The molecule has 3 aromatic rings. The molecule has 1 aliphatic heterocycles. The number of carbonyl (C=O) groups is 2. The van der Waals surface area contributed by atoms with Crippen LogP contribution in [0.3, 0.4) is 0 Å². The molecule has 6 heteroatoms. The molecule has 0 aliphatic carbocycles. The normalized spacial score (nSPS) is 17.3. The number of aliphatic hydroxyl groups excluding tert-OH is 1. The summed E-state index contributed by atoms with van der Waals surface area (Å²) in [4.78, 5) is 28.3. The number of halogens is 1. The number of benzene rings is 3. The van der Waals surface area contributed by atoms with E-state index in [0.29, 0.717) is 28.8 Å². The van der Waals surface area contributed by atoms with Crippen LogP contribution in [0.25, 0.3) is 5.76 Å². The van der Waals surface area contributed by atoms with Crippen molar-refractivity contribution in [3.8, 4) is 5.75 Å². The fraction of sp³-hybridized carbons (Fsp3) is 0.267. The maximum atomic E-state index is 13.4. The number of amides is 1. The topological polar surface area (TPSA) is 66.8 Å². The van der Waals surface area contributed by atoms with Gasteiger partial charge >= 0.3 is 0 Å². The molecule has 0 saturated carbocycles. The Labute approximate surface area is 217 Å². The van der Waals surface area contributed by atoms with Crippen molar-refractivity contribution in [3.63, 3.8) is 0 Å². The number of ether oxygens (including phenoxy) is 1. The van der Waals surface area contributed by atoms with Crippen LogP contribution in [0.1, 0.15) is 67.8 Å². The van der Waals surface area contributed by atoms with Gasteiger partial charge in [0.05, 0.1) is 23.7 Å². The number of hydrogen-bond donors (Lipinski definition) is 1. The maximum Gasteiger partial charge on any atom is 0.300 e. The van der Waals surface area contributed by atoms with Crippen LogP contribution in [0.4, 0.5) is 5.69 Å². The molecule has 1 heterocycles. The lowest BCUT2D eigenvalue weighted by Crippen LogP contribution is -2.29. The van der Waals surface area contributed by atoms with Crippen LogP contribution >= 0.6 is 11.6 Å². The van der Waals surface area contributed by atoms with E-state index >= 15 is 0 Å². The van der Waals surface area contributed by atoms with Gasteiger partial charge in [-0.2, -0.15) is 0 Å². The summed E-state index contributed by atoms with van der Waals surface area (Å²) in [5.74, 6) is -0.689. The summed E-state index contributed by atoms with van der Waals surface area (Å²) in [7, 11) is 1.50. The second kappa shape index (κ2) is 10.2. The number of carbonyl (C=O) groups excluding carboxylic acids is 2. The zero-order chi connectivity index (χ0) is 26.1. The van der Waals surface area contributed by atoms with Crippen molar-refractivity contribution in [1.82, 2.24) is 0 Å². The predicted octanol–water partition coefficient (Wildman–Crippen LogP) is 7.22. The van der Waals surface area contributed by atoms with Crippen LogP contribution in [0.5, 0.6) is 5.75 Å². The molecular formula is C30H30ClNO4. The standard InChI is InChI=1S/C30H30ClNO4/c1-17(2)19-6-8-21(9-7-19)27-26(28(33)24-16-23(36-5)14-15-25(24)31)29(34)30(35)32(27)22-12-10-20(11-13-22)18(3)4/h6-18,27,33H,1-5H3/b28-26+. The van der Waals surface area contributed by atoms with Gasteiger partial charge in [-0.3, -0.25) is 14.5 Å². The Morgan fingerprint density at radius 2 is 1.44 bits per heavy atom. The zero-order valence-electron chi connectivity index (χ0n) is 21.1. The highest BCUT2D eigenvalue weighted by Crippen LogP contribution is 2.43. The molecule has 0 aromatic heterocycles. The molecule has 0 radical (unpaired) electrons. The summed E-state index contributed by atoms with van der Waals surface area (Å²) in [6.45, 7) is 8.38. The van der Waals surface area contributed by atoms with Gasteiger partial charge in [0.15, 0.2) is 0 Å². The number of rotatable bonds is 6. The third kappa shape index (κ3) is 4.63. The lowest BCUT2D eigenvalue weighted by molar-refractivity contribution is -0.132. The van der Waals surface area contributed by atoms with Gasteiger partial charge in [0.25, 0.3) is 11.7 Å². The van der Waals surface area contributed by atoms with Crippen molar-refractivity contribution in [2.45, 2.75) is 45.6 Å². The van der Waals surface area contributed by atoms with E-state index in [9.17, 15) is 14.7 Å². The van der Waals surface area contributed by atoms with Gasteiger partial charge in [-0.25, -0.2) is 0 Å². The van der Waals surface area contributed by atoms with E-state index in [0.717, 1.165) is 11.1 Å². The van der Waals surface area contributed by atoms with Crippen LogP contribution in [0.2, 0.25) is 5.02 Å². The highest BCUT2D eigenvalue weighted by atomic mass is 35.5. The molecule has 4 rings (SSSR count). The molecule has 5 nitrogen and oxygen atoms in total. The van der Waals surface area contributed by atoms with Crippen molar-refractivity contribution in [3.05, 3.63) is 99.6 Å². The van der Waals surface area contributed by atoms with Crippen molar-refractivity contribution >= 4 is 34.7 Å². The van der Waals surface area contributed by atoms with Gasteiger partial charge in [0.2, 0.25) is 0 Å². The molecule has 1 atom stereocenters. The van der Waals surface area contributed by atoms with Gasteiger partial charge in [-0.15, -0.1) is 0 Å². The molecule has 186 valence electrons. The minimum absolute atomic E-state index is 0.0135. The summed E-state index contributed by atoms with van der Waals surface area (Å²) in [5.41, 5.74) is 3.76. The molecule has 0 spiro atoms. The average molecular weight is 504 g/mol. The molecule has 1 aliphatic rings. The number of nitrogens with zero attached hydrogens (tertiary/aromatic N) is 1. The third-order valence-corrected chi connectivity index (χ3v) is 6.96. The molecule has 36 heavy (non-hydrogen) atoms. The Hall–Kier alpha value is -3.57. The van der Waals surface area contributed by atoms with E-state index in [-0.39, 0.29) is 21.9 Å². The largest absolute Gasteiger partial charge is 0.507 e. The van der Waals surface area contributed by atoms with E-state index in [1.807, 2.05) is 48.5 Å². The Bertz CT molecular complexity index is 1320. The zero-order valence-corrected chi connectivity index (χ0v) is 21.8. The number of ketones is 1. The van der Waals surface area contributed by atoms with E-state index in [2.05, 4.69) is 27.7 Å². The lowest BCUT2D eigenvalue weighted by atomic mass is 9.93. The summed E-state index contributed by atoms with van der Waals surface area (Å²) in [6, 6.07) is 19.4. The van der Waals surface area contributed by atoms with Crippen LogP contribution in [-0.2, 0) is 9.59 Å². The fourth-order valence-electron chi connectivity index (χ4n) is 4.46.